The quantitative estimate of drug-likeness (QED) is 0.345. The fourth-order valence-corrected chi connectivity index (χ4v) is 4.99. The van der Waals surface area contributed by atoms with Crippen molar-refractivity contribution in [1.29, 1.82) is 0 Å². The van der Waals surface area contributed by atoms with Crippen LogP contribution >= 0.6 is 0 Å². The maximum Gasteiger partial charge on any atom is 0.127 e. The summed E-state index contributed by atoms with van der Waals surface area (Å²) in [6, 6.07) is 18.9. The Morgan fingerprint density at radius 2 is 1.17 bits per heavy atom. The summed E-state index contributed by atoms with van der Waals surface area (Å²) in [5, 5.41) is 0. The molecule has 4 rings (SSSR count). The lowest BCUT2D eigenvalue weighted by molar-refractivity contribution is 0.309. The van der Waals surface area contributed by atoms with E-state index in [-0.39, 0.29) is 16.2 Å². The fourth-order valence-electron chi connectivity index (χ4n) is 4.99. The van der Waals surface area contributed by atoms with E-state index in [1.807, 2.05) is 0 Å². The van der Waals surface area contributed by atoms with Gasteiger partial charge in [0, 0.05) is 5.56 Å². The summed E-state index contributed by atoms with van der Waals surface area (Å²) in [4.78, 5) is 0. The van der Waals surface area contributed by atoms with E-state index in [2.05, 4.69) is 118 Å². The van der Waals surface area contributed by atoms with Gasteiger partial charge in [0.2, 0.25) is 0 Å². The van der Waals surface area contributed by atoms with Gasteiger partial charge in [0.15, 0.2) is 0 Å². The van der Waals surface area contributed by atoms with Gasteiger partial charge >= 0.3 is 0 Å². The molecule has 1 nitrogen and oxygen atoms in total. The standard InChI is InChI=1S/C34H44O/c1-22-16-29(23-18-25(33(5,6)7)20-26(19-23)34(8,9)10)27-12-11-15-35-31-21-24(32(2,3)4)13-14-28(31)30(27)17-22/h13-14,16-21H,11-12,15H2,1-10H3. The molecule has 0 spiro atoms. The normalized spacial score (nSPS) is 14.5. The molecule has 1 aliphatic heterocycles. The Balaban J connectivity index is 1.99. The van der Waals surface area contributed by atoms with Gasteiger partial charge in [-0.25, -0.2) is 0 Å². The predicted molar refractivity (Wildman–Crippen MR) is 152 cm³/mol. The lowest BCUT2D eigenvalue weighted by Gasteiger charge is -2.28. The van der Waals surface area contributed by atoms with Crippen LogP contribution in [0.1, 0.15) is 96.6 Å². The third-order valence-electron chi connectivity index (χ3n) is 7.34. The van der Waals surface area contributed by atoms with Crippen molar-refractivity contribution in [2.24, 2.45) is 0 Å². The molecule has 0 N–H and O–H groups in total. The number of hydrogen-bond acceptors (Lipinski definition) is 1. The first-order valence-corrected chi connectivity index (χ1v) is 13.2. The highest BCUT2D eigenvalue weighted by Crippen LogP contribution is 2.43. The second-order valence-corrected chi connectivity index (χ2v) is 13.6. The third-order valence-corrected chi connectivity index (χ3v) is 7.34. The van der Waals surface area contributed by atoms with Crippen molar-refractivity contribution in [1.82, 2.24) is 0 Å². The molecule has 0 atom stereocenters. The molecule has 35 heavy (non-hydrogen) atoms. The van der Waals surface area contributed by atoms with E-state index in [0.717, 1.165) is 25.2 Å². The number of fused-ring (bicyclic) bond motifs is 3. The summed E-state index contributed by atoms with van der Waals surface area (Å²) in [6.45, 7) is 23.7. The van der Waals surface area contributed by atoms with Gasteiger partial charge in [-0.1, -0.05) is 105 Å². The first-order valence-electron chi connectivity index (χ1n) is 13.2. The van der Waals surface area contributed by atoms with Crippen molar-refractivity contribution in [3.63, 3.8) is 0 Å². The van der Waals surface area contributed by atoms with Gasteiger partial charge in [-0.15, -0.1) is 0 Å². The first kappa shape index (κ1) is 25.5. The second-order valence-electron chi connectivity index (χ2n) is 13.6. The largest absolute Gasteiger partial charge is 0.493 e. The molecule has 0 unspecified atom stereocenters. The molecule has 0 fully saturated rings. The molecule has 0 bridgehead atoms. The molecule has 3 aromatic carbocycles. The second kappa shape index (κ2) is 8.84. The van der Waals surface area contributed by atoms with Crippen LogP contribution < -0.4 is 4.74 Å². The lowest BCUT2D eigenvalue weighted by atomic mass is 9.77. The maximum atomic E-state index is 6.33. The van der Waals surface area contributed by atoms with Crippen LogP contribution in [0.25, 0.3) is 22.3 Å². The van der Waals surface area contributed by atoms with E-state index in [0.29, 0.717) is 0 Å². The van der Waals surface area contributed by atoms with Crippen molar-refractivity contribution in [3.8, 4) is 28.0 Å². The minimum atomic E-state index is 0.0953. The number of aryl methyl sites for hydroxylation is 1. The summed E-state index contributed by atoms with van der Waals surface area (Å²) in [6.07, 6.45) is 2.04. The van der Waals surface area contributed by atoms with E-state index < -0.39 is 0 Å². The molecule has 186 valence electrons. The van der Waals surface area contributed by atoms with Gasteiger partial charge in [0.05, 0.1) is 6.61 Å². The zero-order chi connectivity index (χ0) is 25.8. The number of ether oxygens (including phenoxy) is 1. The predicted octanol–water partition coefficient (Wildman–Crippen LogP) is 9.55. The van der Waals surface area contributed by atoms with Crippen LogP contribution in [0.3, 0.4) is 0 Å². The molecule has 0 aromatic heterocycles. The van der Waals surface area contributed by atoms with Gasteiger partial charge in [-0.3, -0.25) is 0 Å². The van der Waals surface area contributed by atoms with Crippen LogP contribution in [0.2, 0.25) is 0 Å². The van der Waals surface area contributed by atoms with Crippen LogP contribution in [0.5, 0.6) is 5.75 Å². The molecule has 0 amide bonds. The summed E-state index contributed by atoms with van der Waals surface area (Å²) in [5.41, 5.74) is 12.4. The summed E-state index contributed by atoms with van der Waals surface area (Å²) < 4.78 is 6.33. The Hall–Kier alpha value is -2.54. The highest BCUT2D eigenvalue weighted by atomic mass is 16.5. The zero-order valence-electron chi connectivity index (χ0n) is 23.6. The minimum Gasteiger partial charge on any atom is -0.493 e. The molecular formula is C34H44O. The molecule has 1 heterocycles. The Morgan fingerprint density at radius 3 is 1.74 bits per heavy atom. The minimum absolute atomic E-state index is 0.0953. The smallest absolute Gasteiger partial charge is 0.127 e. The fraction of sp³-hybridized carbons (Fsp3) is 0.471. The van der Waals surface area contributed by atoms with Crippen LogP contribution in [-0.4, -0.2) is 6.61 Å². The monoisotopic (exact) mass is 468 g/mol. The molecular weight excluding hydrogens is 424 g/mol. The first-order chi connectivity index (χ1) is 16.1. The van der Waals surface area contributed by atoms with Gasteiger partial charge in [-0.05, 0) is 86.6 Å². The highest BCUT2D eigenvalue weighted by molar-refractivity contribution is 5.83. The number of rotatable bonds is 1. The van der Waals surface area contributed by atoms with Crippen LogP contribution in [0.15, 0.2) is 48.5 Å². The van der Waals surface area contributed by atoms with Crippen LogP contribution in [0, 0.1) is 6.92 Å². The third kappa shape index (κ3) is 5.35. The van der Waals surface area contributed by atoms with E-state index in [1.165, 1.54) is 50.1 Å². The zero-order valence-corrected chi connectivity index (χ0v) is 23.6. The maximum absolute atomic E-state index is 6.33. The molecule has 1 heteroatoms. The number of benzene rings is 3. The Labute approximate surface area is 213 Å². The highest BCUT2D eigenvalue weighted by Gasteiger charge is 2.24. The summed E-state index contributed by atoms with van der Waals surface area (Å²) >= 11 is 0. The van der Waals surface area contributed by atoms with Crippen molar-refractivity contribution in [3.05, 3.63) is 76.3 Å². The molecule has 0 saturated heterocycles. The Morgan fingerprint density at radius 1 is 0.600 bits per heavy atom. The van der Waals surface area contributed by atoms with Crippen LogP contribution in [0.4, 0.5) is 0 Å². The van der Waals surface area contributed by atoms with Gasteiger partial charge < -0.3 is 4.74 Å². The van der Waals surface area contributed by atoms with Crippen molar-refractivity contribution in [2.45, 2.75) is 98.3 Å². The molecule has 0 radical (unpaired) electrons. The van der Waals surface area contributed by atoms with E-state index in [9.17, 15) is 0 Å². The number of hydrogen-bond donors (Lipinski definition) is 0. The SMILES string of the molecule is Cc1cc(-c2cc(C(C)(C)C)cc(C(C)(C)C)c2)c2c(c1)-c1ccc(C(C)(C)C)cc1OCCC2. The van der Waals surface area contributed by atoms with E-state index >= 15 is 0 Å². The Kier molecular flexibility index (Phi) is 6.45. The molecule has 0 saturated carbocycles. The average Bonchev–Trinajstić information content (AvgIpc) is 2.73. The van der Waals surface area contributed by atoms with E-state index in [1.54, 1.807) is 0 Å². The topological polar surface area (TPSA) is 9.23 Å². The van der Waals surface area contributed by atoms with Gasteiger partial charge in [0.25, 0.3) is 0 Å². The molecule has 1 aliphatic rings. The average molecular weight is 469 g/mol. The molecule has 0 aliphatic carbocycles. The van der Waals surface area contributed by atoms with Crippen molar-refractivity contribution >= 4 is 0 Å². The van der Waals surface area contributed by atoms with Crippen molar-refractivity contribution < 1.29 is 4.74 Å². The summed E-state index contributed by atoms with van der Waals surface area (Å²) in [7, 11) is 0. The van der Waals surface area contributed by atoms with Gasteiger partial charge in [-0.2, -0.15) is 0 Å². The van der Waals surface area contributed by atoms with Gasteiger partial charge in [0.1, 0.15) is 5.75 Å². The van der Waals surface area contributed by atoms with Crippen LogP contribution in [-0.2, 0) is 22.7 Å². The van der Waals surface area contributed by atoms with E-state index in [4.69, 9.17) is 4.74 Å². The summed E-state index contributed by atoms with van der Waals surface area (Å²) in [5.74, 6) is 1.02. The Bertz CT molecular complexity index is 1210. The lowest BCUT2D eigenvalue weighted by Crippen LogP contribution is -2.17. The molecule has 3 aromatic rings. The van der Waals surface area contributed by atoms with Crippen molar-refractivity contribution in [2.75, 3.05) is 6.61 Å².